The Balaban J connectivity index is 1.01. The Morgan fingerprint density at radius 2 is 1.40 bits per heavy atom. The number of nitrogens with zero attached hydrogens (tertiary/aromatic N) is 2. The number of hydrogen-bond donors (Lipinski definition) is 5. The van der Waals surface area contributed by atoms with Crippen molar-refractivity contribution in [3.8, 4) is 5.82 Å². The number of hydrogen-bond acceptors (Lipinski definition) is 6. The maximum atomic E-state index is 12.7. The van der Waals surface area contributed by atoms with Crippen molar-refractivity contribution >= 4 is 11.8 Å². The molecule has 1 unspecified atom stereocenters. The van der Waals surface area contributed by atoms with Gasteiger partial charge in [-0.05, 0) is 86.7 Å². The highest BCUT2D eigenvalue weighted by molar-refractivity contribution is 5.94. The van der Waals surface area contributed by atoms with Crippen LogP contribution in [-0.2, 0) is 24.2 Å². The average molecular weight is 674 g/mol. The van der Waals surface area contributed by atoms with E-state index >= 15 is 0 Å². The van der Waals surface area contributed by atoms with Crippen molar-refractivity contribution in [2.24, 2.45) is 0 Å². The van der Waals surface area contributed by atoms with E-state index in [0.717, 1.165) is 51.4 Å². The molecule has 0 bridgehead atoms. The van der Waals surface area contributed by atoms with Gasteiger partial charge in [-0.1, -0.05) is 72.8 Å². The molecule has 5 N–H and O–H groups in total. The Labute approximate surface area is 294 Å². The largest absolute Gasteiger partial charge is 0.387 e. The molecule has 2 heterocycles. The Kier molecular flexibility index (Phi) is 12.3. The minimum Gasteiger partial charge on any atom is -0.387 e. The van der Waals surface area contributed by atoms with Crippen LogP contribution in [0.15, 0.2) is 109 Å². The minimum absolute atomic E-state index is 0.0894. The molecule has 50 heavy (non-hydrogen) atoms. The van der Waals surface area contributed by atoms with E-state index < -0.39 is 18.2 Å². The zero-order valence-electron chi connectivity index (χ0n) is 29.1. The van der Waals surface area contributed by atoms with Gasteiger partial charge in [0.1, 0.15) is 5.82 Å². The van der Waals surface area contributed by atoms with Gasteiger partial charge in [-0.3, -0.25) is 9.59 Å². The van der Waals surface area contributed by atoms with Crippen molar-refractivity contribution in [2.45, 2.75) is 71.4 Å². The normalized spacial score (nSPS) is 13.6. The summed E-state index contributed by atoms with van der Waals surface area (Å²) in [6, 6.07) is 32.0. The highest BCUT2D eigenvalue weighted by Crippen LogP contribution is 2.19. The third-order valence-electron chi connectivity index (χ3n) is 8.92. The lowest BCUT2D eigenvalue weighted by Gasteiger charge is -2.20. The maximum Gasteiger partial charge on any atom is 0.251 e. The lowest BCUT2D eigenvalue weighted by molar-refractivity contribution is -0.120. The van der Waals surface area contributed by atoms with Gasteiger partial charge in [0.2, 0.25) is 5.91 Å². The van der Waals surface area contributed by atoms with Crippen LogP contribution in [0, 0.1) is 13.8 Å². The van der Waals surface area contributed by atoms with Gasteiger partial charge in [0.25, 0.3) is 5.91 Å². The maximum absolute atomic E-state index is 12.7. The second-order valence-electron chi connectivity index (χ2n) is 13.0. The standard InChI is InChI=1S/C41H47N5O4/c1-27(42-26-37(47)36-20-21-38(43-25-36)46-28(2)10-11-29(46)3)22-31-12-14-32(15-13-31)23-39(48)44-24-33-16-18-35(19-17-33)41(50)45-30(4)40(49)34-8-6-5-7-9-34/h5-21,25,27,30,37,40,42,47,49H,22-24,26H2,1-4H3,(H,44,48)(H,45,50)/t27?,30-,37+,40+/m0/s1. The van der Waals surface area contributed by atoms with Gasteiger partial charge in [0.05, 0.1) is 24.7 Å². The number of aliphatic hydroxyl groups is 2. The smallest absolute Gasteiger partial charge is 0.251 e. The van der Waals surface area contributed by atoms with E-state index in [9.17, 15) is 19.8 Å². The molecular weight excluding hydrogens is 626 g/mol. The Morgan fingerprint density at radius 1 is 0.760 bits per heavy atom. The molecule has 0 aliphatic rings. The zero-order valence-corrected chi connectivity index (χ0v) is 29.1. The number of pyridine rings is 1. The van der Waals surface area contributed by atoms with Gasteiger partial charge in [0, 0.05) is 47.8 Å². The van der Waals surface area contributed by atoms with Crippen molar-refractivity contribution in [3.05, 3.63) is 154 Å². The molecule has 4 atom stereocenters. The fraction of sp³-hybridized carbons (Fsp3) is 0.293. The molecule has 0 saturated carbocycles. The monoisotopic (exact) mass is 673 g/mol. The molecule has 5 aromatic rings. The number of aromatic nitrogens is 2. The summed E-state index contributed by atoms with van der Waals surface area (Å²) >= 11 is 0. The fourth-order valence-electron chi connectivity index (χ4n) is 5.94. The second-order valence-corrected chi connectivity index (χ2v) is 13.0. The van der Waals surface area contributed by atoms with Crippen LogP contribution in [-0.4, -0.2) is 50.2 Å². The Hall–Kier alpha value is -5.09. The molecule has 260 valence electrons. The molecule has 0 aliphatic carbocycles. The van der Waals surface area contributed by atoms with Crippen LogP contribution in [0.5, 0.6) is 0 Å². The van der Waals surface area contributed by atoms with E-state index in [0.29, 0.717) is 18.7 Å². The molecule has 5 rings (SSSR count). The SMILES string of the molecule is Cc1ccc(C)n1-c1ccc([C@H](O)CNC(C)Cc2ccc(CC(=O)NCc3ccc(C(=O)N[C@@H](C)[C@@H](O)c4ccccc4)cc3)cc2)cn1. The summed E-state index contributed by atoms with van der Waals surface area (Å²) in [5.74, 6) is 0.476. The quantitative estimate of drug-likeness (QED) is 0.101. The van der Waals surface area contributed by atoms with Gasteiger partial charge in [-0.15, -0.1) is 0 Å². The van der Waals surface area contributed by atoms with E-state index in [4.69, 9.17) is 0 Å². The Bertz CT molecular complexity index is 1820. The van der Waals surface area contributed by atoms with Crippen molar-refractivity contribution < 1.29 is 19.8 Å². The van der Waals surface area contributed by atoms with E-state index in [1.165, 1.54) is 0 Å². The van der Waals surface area contributed by atoms with Crippen molar-refractivity contribution in [1.82, 2.24) is 25.5 Å². The van der Waals surface area contributed by atoms with Crippen LogP contribution in [0.1, 0.15) is 75.6 Å². The van der Waals surface area contributed by atoms with Crippen LogP contribution < -0.4 is 16.0 Å². The molecule has 0 aliphatic heterocycles. The van der Waals surface area contributed by atoms with Crippen LogP contribution in [0.4, 0.5) is 0 Å². The molecule has 2 aromatic heterocycles. The molecular formula is C41H47N5O4. The molecule has 9 nitrogen and oxygen atoms in total. The molecule has 2 amide bonds. The van der Waals surface area contributed by atoms with Crippen LogP contribution in [0.25, 0.3) is 5.82 Å². The third-order valence-corrected chi connectivity index (χ3v) is 8.92. The summed E-state index contributed by atoms with van der Waals surface area (Å²) in [6.07, 6.45) is 1.30. The van der Waals surface area contributed by atoms with Gasteiger partial charge in [-0.25, -0.2) is 4.98 Å². The van der Waals surface area contributed by atoms with Gasteiger partial charge in [-0.2, -0.15) is 0 Å². The van der Waals surface area contributed by atoms with Crippen LogP contribution in [0.3, 0.4) is 0 Å². The number of carbonyl (C=O) groups excluding carboxylic acids is 2. The molecule has 0 spiro atoms. The third kappa shape index (κ3) is 9.75. The highest BCUT2D eigenvalue weighted by atomic mass is 16.3. The number of nitrogens with one attached hydrogen (secondary N) is 3. The number of aryl methyl sites for hydroxylation is 2. The summed E-state index contributed by atoms with van der Waals surface area (Å²) in [5.41, 5.74) is 7.16. The van der Waals surface area contributed by atoms with Gasteiger partial charge >= 0.3 is 0 Å². The summed E-state index contributed by atoms with van der Waals surface area (Å²) in [6.45, 7) is 8.71. The van der Waals surface area contributed by atoms with Crippen molar-refractivity contribution in [3.63, 3.8) is 0 Å². The molecule has 3 aromatic carbocycles. The summed E-state index contributed by atoms with van der Waals surface area (Å²) in [5, 5.41) is 30.5. The molecule has 0 saturated heterocycles. The average Bonchev–Trinajstić information content (AvgIpc) is 3.47. The minimum atomic E-state index is -0.811. The lowest BCUT2D eigenvalue weighted by Crippen LogP contribution is -2.37. The molecule has 0 fully saturated rings. The number of aliphatic hydroxyl groups excluding tert-OH is 2. The van der Waals surface area contributed by atoms with E-state index in [-0.39, 0.29) is 24.3 Å². The first-order valence-corrected chi connectivity index (χ1v) is 17.1. The first-order chi connectivity index (χ1) is 24.1. The van der Waals surface area contributed by atoms with Crippen LogP contribution in [0.2, 0.25) is 0 Å². The molecule has 0 radical (unpaired) electrons. The number of carbonyl (C=O) groups is 2. The zero-order chi connectivity index (χ0) is 35.6. The van der Waals surface area contributed by atoms with Crippen molar-refractivity contribution in [1.29, 1.82) is 0 Å². The highest BCUT2D eigenvalue weighted by Gasteiger charge is 2.19. The van der Waals surface area contributed by atoms with E-state index in [1.54, 1.807) is 25.3 Å². The first-order valence-electron chi connectivity index (χ1n) is 17.1. The van der Waals surface area contributed by atoms with E-state index in [1.807, 2.05) is 92.7 Å². The predicted octanol–water partition coefficient (Wildman–Crippen LogP) is 5.45. The summed E-state index contributed by atoms with van der Waals surface area (Å²) in [7, 11) is 0. The summed E-state index contributed by atoms with van der Waals surface area (Å²) in [4.78, 5) is 29.9. The predicted molar refractivity (Wildman–Crippen MR) is 196 cm³/mol. The second kappa shape index (κ2) is 17.0. The van der Waals surface area contributed by atoms with Crippen LogP contribution >= 0.6 is 0 Å². The van der Waals surface area contributed by atoms with Gasteiger partial charge in [0.15, 0.2) is 0 Å². The van der Waals surface area contributed by atoms with Gasteiger partial charge < -0.3 is 30.7 Å². The number of amides is 2. The fourth-order valence-corrected chi connectivity index (χ4v) is 5.94. The van der Waals surface area contributed by atoms with E-state index in [2.05, 4.69) is 44.6 Å². The van der Waals surface area contributed by atoms with Crippen molar-refractivity contribution in [2.75, 3.05) is 6.54 Å². The topological polar surface area (TPSA) is 129 Å². The number of rotatable bonds is 15. The number of benzene rings is 3. The summed E-state index contributed by atoms with van der Waals surface area (Å²) < 4.78 is 2.08. The lowest BCUT2D eigenvalue weighted by atomic mass is 10.0. The Morgan fingerprint density at radius 3 is 2.04 bits per heavy atom. The first kappa shape index (κ1) is 36.2. The molecule has 9 heteroatoms.